The fraction of sp³-hybridized carbons (Fsp3) is 0.706. The molecule has 1 aromatic carbocycles. The van der Waals surface area contributed by atoms with E-state index in [0.29, 0.717) is 0 Å². The summed E-state index contributed by atoms with van der Waals surface area (Å²) in [6, 6.07) is 6.75. The van der Waals surface area contributed by atoms with Crippen molar-refractivity contribution in [3.05, 3.63) is 49.2 Å². The number of aryl methyl sites for hydroxylation is 1. The number of unbranched alkanes of at least 4 members (excludes halogenated alkanes) is 16. The number of aromatic carboxylic acids is 1. The number of aliphatic carboxylic acids is 1. The van der Waals surface area contributed by atoms with Gasteiger partial charge in [-0.15, -0.1) is 0 Å². The Bertz CT molecular complexity index is 611. The van der Waals surface area contributed by atoms with Gasteiger partial charge in [-0.25, -0.2) is 0 Å². The van der Waals surface area contributed by atoms with Gasteiger partial charge in [0.25, 0.3) is 0 Å². The fourth-order valence-electron chi connectivity index (χ4n) is 3.44. The number of carboxylic acids is 2. The number of rotatable bonds is 19. The van der Waals surface area contributed by atoms with Crippen molar-refractivity contribution in [3.63, 3.8) is 0 Å². The molecule has 0 saturated heterocycles. The van der Waals surface area contributed by atoms with Crippen LogP contribution in [0, 0.1) is 20.8 Å². The van der Waals surface area contributed by atoms with Gasteiger partial charge >= 0.3 is 23.9 Å². The number of benzene rings is 1. The summed E-state index contributed by atoms with van der Waals surface area (Å²) in [5, 5.41) is 20.5. The van der Waals surface area contributed by atoms with E-state index in [1.54, 1.807) is 25.1 Å². The summed E-state index contributed by atoms with van der Waals surface area (Å²) in [6.45, 7) is 15.5. The number of carbonyl (C=O) groups is 2. The molecule has 0 heterocycles. The fourth-order valence-corrected chi connectivity index (χ4v) is 3.44. The van der Waals surface area contributed by atoms with Crippen LogP contribution in [0.1, 0.15) is 165 Å². The second-order valence-electron chi connectivity index (χ2n) is 9.88. The first-order valence-electron chi connectivity index (χ1n) is 15.4. The molecule has 224 valence electrons. The summed E-state index contributed by atoms with van der Waals surface area (Å²) in [4.78, 5) is 20.5. The molecule has 0 atom stereocenters. The molecule has 0 bridgehead atoms. The molecular formula is C34H60O4Sn. The molecule has 1 aromatic rings. The monoisotopic (exact) mass is 652 g/mol. The smallest absolute Gasteiger partial charge is 0.550 e. The quantitative estimate of drug-likeness (QED) is 0.112. The molecule has 4 nitrogen and oxygen atoms in total. The Morgan fingerprint density at radius 1 is 0.615 bits per heavy atom. The third-order valence-electron chi connectivity index (χ3n) is 6.06. The summed E-state index contributed by atoms with van der Waals surface area (Å²) in [5.74, 6) is -2.02. The maximum absolute atomic E-state index is 10.3. The van der Waals surface area contributed by atoms with Crippen LogP contribution < -0.4 is 10.2 Å². The molecule has 0 fully saturated rings. The van der Waals surface area contributed by atoms with Crippen molar-refractivity contribution in [2.75, 3.05) is 0 Å². The standard InChI is InChI=1S/C18H36O2.C8H8O2.2C4H9.Sn/c1-2-3-4-5-6-7-8-9-10-11-12-13-14-15-16-17-18(19)20;1-6-4-2-3-5-7(6)8(9)10;2*1-3-4-2;/h2-17H2,1H3,(H,19,20);2-5H,1H3,(H,9,10);2*1,3-4H2,2H3;/q;;;;+2/p-2. The molecule has 1 rings (SSSR count). The largest absolute Gasteiger partial charge is 2.00 e. The number of hydrogen-bond acceptors (Lipinski definition) is 4. The Hall–Kier alpha value is -1.04. The second kappa shape index (κ2) is 39.1. The summed E-state index contributed by atoms with van der Waals surface area (Å²) in [7, 11) is 0. The molecule has 0 saturated carbocycles. The Kier molecular flexibility index (Phi) is 45.1. The molecule has 0 aliphatic heterocycles. The minimum absolute atomic E-state index is 0. The summed E-state index contributed by atoms with van der Waals surface area (Å²) in [6.07, 6.45) is 24.4. The van der Waals surface area contributed by atoms with Crippen LogP contribution in [0.4, 0.5) is 0 Å². The zero-order valence-electron chi connectivity index (χ0n) is 26.0. The average molecular weight is 652 g/mol. The van der Waals surface area contributed by atoms with Gasteiger partial charge in [0.1, 0.15) is 0 Å². The molecule has 0 aliphatic rings. The van der Waals surface area contributed by atoms with Crippen LogP contribution in [-0.2, 0) is 4.79 Å². The number of carbonyl (C=O) groups excluding carboxylic acids is 2. The van der Waals surface area contributed by atoms with Gasteiger partial charge in [-0.3, -0.25) is 0 Å². The Morgan fingerprint density at radius 3 is 1.21 bits per heavy atom. The predicted octanol–water partition coefficient (Wildman–Crippen LogP) is 8.22. The minimum Gasteiger partial charge on any atom is -0.550 e. The van der Waals surface area contributed by atoms with Gasteiger partial charge in [0, 0.05) is 11.5 Å². The Morgan fingerprint density at radius 2 is 0.949 bits per heavy atom. The predicted molar refractivity (Wildman–Crippen MR) is 166 cm³/mol. The van der Waals surface area contributed by atoms with E-state index in [1.165, 1.54) is 102 Å². The SMILES string of the molecule is CCCCCCCCCCCCCCCCCC(=O)[O-].Cc1ccccc1C(=O)[O-].[CH2]CCC.[CH2]CCC.[Sn+2]. The topological polar surface area (TPSA) is 80.3 Å². The molecule has 0 aromatic heterocycles. The minimum atomic E-state index is -1.11. The van der Waals surface area contributed by atoms with Crippen LogP contribution in [0.3, 0.4) is 0 Å². The molecule has 4 radical (unpaired) electrons. The van der Waals surface area contributed by atoms with E-state index in [1.807, 2.05) is 0 Å². The molecular weight excluding hydrogens is 591 g/mol. The first kappa shape index (κ1) is 45.0. The zero-order chi connectivity index (χ0) is 29.3. The summed E-state index contributed by atoms with van der Waals surface area (Å²) < 4.78 is 0. The zero-order valence-corrected chi connectivity index (χ0v) is 28.9. The van der Waals surface area contributed by atoms with E-state index in [4.69, 9.17) is 0 Å². The first-order chi connectivity index (χ1) is 18.3. The van der Waals surface area contributed by atoms with Crippen LogP contribution in [0.25, 0.3) is 0 Å². The van der Waals surface area contributed by atoms with Crippen LogP contribution in [-0.4, -0.2) is 35.8 Å². The van der Waals surface area contributed by atoms with E-state index in [9.17, 15) is 19.8 Å². The normalized spacial score (nSPS) is 9.49. The van der Waals surface area contributed by atoms with Crippen molar-refractivity contribution in [1.29, 1.82) is 0 Å². The van der Waals surface area contributed by atoms with E-state index in [-0.39, 0.29) is 35.9 Å². The van der Waals surface area contributed by atoms with E-state index < -0.39 is 11.9 Å². The number of carboxylic acid groups (broad SMARTS) is 2. The van der Waals surface area contributed by atoms with Gasteiger partial charge in [0.15, 0.2) is 0 Å². The van der Waals surface area contributed by atoms with Crippen molar-refractivity contribution in [2.45, 2.75) is 156 Å². The van der Waals surface area contributed by atoms with Gasteiger partial charge in [0.05, 0.1) is 5.97 Å². The maximum Gasteiger partial charge on any atom is 2.00 e. The van der Waals surface area contributed by atoms with E-state index >= 15 is 0 Å². The van der Waals surface area contributed by atoms with Gasteiger partial charge in [-0.2, -0.15) is 0 Å². The summed E-state index contributed by atoms with van der Waals surface area (Å²) >= 11 is 0. The van der Waals surface area contributed by atoms with Gasteiger partial charge in [0.2, 0.25) is 0 Å². The molecule has 0 unspecified atom stereocenters. The van der Waals surface area contributed by atoms with Crippen molar-refractivity contribution < 1.29 is 19.8 Å². The van der Waals surface area contributed by atoms with Crippen LogP contribution in [0.15, 0.2) is 24.3 Å². The average Bonchev–Trinajstić information content (AvgIpc) is 2.91. The van der Waals surface area contributed by atoms with Crippen molar-refractivity contribution in [3.8, 4) is 0 Å². The molecule has 0 aliphatic carbocycles. The maximum atomic E-state index is 10.3. The van der Waals surface area contributed by atoms with Crippen LogP contribution in [0.2, 0.25) is 0 Å². The third kappa shape index (κ3) is 41.6. The molecule has 0 spiro atoms. The van der Waals surface area contributed by atoms with E-state index in [2.05, 4.69) is 34.6 Å². The molecule has 39 heavy (non-hydrogen) atoms. The third-order valence-corrected chi connectivity index (χ3v) is 6.06. The van der Waals surface area contributed by atoms with E-state index in [0.717, 1.165) is 31.2 Å². The van der Waals surface area contributed by atoms with Crippen molar-refractivity contribution in [1.82, 2.24) is 0 Å². The molecule has 0 N–H and O–H groups in total. The van der Waals surface area contributed by atoms with Gasteiger partial charge in [-0.05, 0) is 25.3 Å². The molecule has 5 heteroatoms. The van der Waals surface area contributed by atoms with Crippen LogP contribution >= 0.6 is 0 Å². The van der Waals surface area contributed by atoms with Crippen molar-refractivity contribution in [2.24, 2.45) is 0 Å². The second-order valence-corrected chi connectivity index (χ2v) is 9.88. The Balaban J connectivity index is -0.000000265. The van der Waals surface area contributed by atoms with Crippen molar-refractivity contribution >= 4 is 35.8 Å². The van der Waals surface area contributed by atoms with Gasteiger partial charge < -0.3 is 19.8 Å². The van der Waals surface area contributed by atoms with Crippen LogP contribution in [0.5, 0.6) is 0 Å². The summed E-state index contributed by atoms with van der Waals surface area (Å²) in [5.41, 5.74) is 1.00. The molecule has 0 amide bonds. The first-order valence-corrected chi connectivity index (χ1v) is 15.4. The number of hydrogen-bond donors (Lipinski definition) is 0. The Labute approximate surface area is 260 Å². The van der Waals surface area contributed by atoms with Gasteiger partial charge in [-0.1, -0.05) is 174 Å².